The van der Waals surface area contributed by atoms with Gasteiger partial charge in [0.1, 0.15) is 0 Å². The van der Waals surface area contributed by atoms with Crippen molar-refractivity contribution in [3.63, 3.8) is 0 Å². The molecule has 0 aromatic carbocycles. The molecule has 0 radical (unpaired) electrons. The molecule has 0 unspecified atom stereocenters. The third kappa shape index (κ3) is 3.20. The minimum absolute atomic E-state index is 0.0791. The van der Waals surface area contributed by atoms with Crippen molar-refractivity contribution >= 4 is 21.7 Å². The maximum Gasteiger partial charge on any atom is 0.167 e. The van der Waals surface area contributed by atoms with Gasteiger partial charge in [0, 0.05) is 40.7 Å². The molecule has 0 aliphatic rings. The molecule has 0 bridgehead atoms. The predicted octanol–water partition coefficient (Wildman–Crippen LogP) is 2.97. The fourth-order valence-corrected chi connectivity index (χ4v) is 1.97. The van der Waals surface area contributed by atoms with Crippen LogP contribution in [0.1, 0.15) is 21.6 Å². The first-order chi connectivity index (χ1) is 8.15. The van der Waals surface area contributed by atoms with Crippen molar-refractivity contribution in [2.45, 2.75) is 13.3 Å². The second-order valence-electron chi connectivity index (χ2n) is 3.80. The number of Topliss-reactive ketones (excluding diaryl/α,β-unsaturated/α-hetero) is 1. The SMILES string of the molecule is Cc1cc(C(=O)Cc2cncc(Br)c2)ccn1. The first-order valence-electron chi connectivity index (χ1n) is 5.20. The van der Waals surface area contributed by atoms with Crippen LogP contribution in [0.15, 0.2) is 41.3 Å². The van der Waals surface area contributed by atoms with Crippen LogP contribution in [-0.2, 0) is 6.42 Å². The molecule has 3 nitrogen and oxygen atoms in total. The molecular formula is C13H11BrN2O. The van der Waals surface area contributed by atoms with E-state index in [4.69, 9.17) is 0 Å². The molecule has 2 heterocycles. The summed E-state index contributed by atoms with van der Waals surface area (Å²) in [6, 6.07) is 5.44. The van der Waals surface area contributed by atoms with Crippen LogP contribution in [0.3, 0.4) is 0 Å². The third-order valence-electron chi connectivity index (χ3n) is 2.34. The van der Waals surface area contributed by atoms with Crippen LogP contribution in [0, 0.1) is 6.92 Å². The number of aryl methyl sites for hydroxylation is 1. The number of aromatic nitrogens is 2. The quantitative estimate of drug-likeness (QED) is 0.816. The van der Waals surface area contributed by atoms with Crippen LogP contribution in [0.25, 0.3) is 0 Å². The van der Waals surface area contributed by atoms with Gasteiger partial charge in [-0.05, 0) is 46.6 Å². The van der Waals surface area contributed by atoms with Crippen LogP contribution in [0.5, 0.6) is 0 Å². The number of pyridine rings is 2. The van der Waals surface area contributed by atoms with E-state index in [2.05, 4.69) is 25.9 Å². The molecule has 0 spiro atoms. The third-order valence-corrected chi connectivity index (χ3v) is 2.78. The lowest BCUT2D eigenvalue weighted by atomic mass is 10.0. The van der Waals surface area contributed by atoms with Gasteiger partial charge in [-0.3, -0.25) is 14.8 Å². The molecular weight excluding hydrogens is 280 g/mol. The van der Waals surface area contributed by atoms with E-state index in [-0.39, 0.29) is 5.78 Å². The van der Waals surface area contributed by atoms with E-state index in [1.165, 1.54) is 0 Å². The van der Waals surface area contributed by atoms with Gasteiger partial charge in [-0.2, -0.15) is 0 Å². The standard InChI is InChI=1S/C13H11BrN2O/c1-9-4-11(2-3-16-9)13(17)6-10-5-12(14)8-15-7-10/h2-5,7-8H,6H2,1H3. The average Bonchev–Trinajstić information content (AvgIpc) is 2.29. The zero-order valence-electron chi connectivity index (χ0n) is 9.35. The van der Waals surface area contributed by atoms with Gasteiger partial charge in [0.2, 0.25) is 0 Å². The summed E-state index contributed by atoms with van der Waals surface area (Å²) in [6.07, 6.45) is 5.42. The number of hydrogen-bond acceptors (Lipinski definition) is 3. The first kappa shape index (κ1) is 11.9. The van der Waals surface area contributed by atoms with Gasteiger partial charge in [-0.15, -0.1) is 0 Å². The molecule has 0 atom stereocenters. The summed E-state index contributed by atoms with van der Waals surface area (Å²) < 4.78 is 0.883. The molecule has 0 amide bonds. The molecule has 2 aromatic heterocycles. The van der Waals surface area contributed by atoms with Crippen molar-refractivity contribution in [3.05, 3.63) is 58.1 Å². The highest BCUT2D eigenvalue weighted by atomic mass is 79.9. The van der Waals surface area contributed by atoms with Gasteiger partial charge in [0.05, 0.1) is 0 Å². The highest BCUT2D eigenvalue weighted by Crippen LogP contribution is 2.12. The lowest BCUT2D eigenvalue weighted by Crippen LogP contribution is -2.04. The lowest BCUT2D eigenvalue weighted by molar-refractivity contribution is 0.0992. The second-order valence-corrected chi connectivity index (χ2v) is 4.71. The Morgan fingerprint density at radius 1 is 1.35 bits per heavy atom. The normalized spacial score (nSPS) is 10.2. The topological polar surface area (TPSA) is 42.9 Å². The number of ketones is 1. The largest absolute Gasteiger partial charge is 0.294 e. The Labute approximate surface area is 108 Å². The van der Waals surface area contributed by atoms with Crippen LogP contribution in [-0.4, -0.2) is 15.8 Å². The Hall–Kier alpha value is -1.55. The van der Waals surface area contributed by atoms with Crippen LogP contribution < -0.4 is 0 Å². The molecule has 17 heavy (non-hydrogen) atoms. The summed E-state index contributed by atoms with van der Waals surface area (Å²) in [5.74, 6) is 0.0791. The average molecular weight is 291 g/mol. The summed E-state index contributed by atoms with van der Waals surface area (Å²) in [4.78, 5) is 20.1. The highest BCUT2D eigenvalue weighted by Gasteiger charge is 2.07. The van der Waals surface area contributed by atoms with Crippen molar-refractivity contribution < 1.29 is 4.79 Å². The monoisotopic (exact) mass is 290 g/mol. The number of rotatable bonds is 3. The Kier molecular flexibility index (Phi) is 3.64. The van der Waals surface area contributed by atoms with Gasteiger partial charge in [-0.25, -0.2) is 0 Å². The van der Waals surface area contributed by atoms with E-state index >= 15 is 0 Å². The van der Waals surface area contributed by atoms with E-state index in [1.807, 2.05) is 13.0 Å². The molecule has 0 N–H and O–H groups in total. The smallest absolute Gasteiger partial charge is 0.167 e. The second kappa shape index (κ2) is 5.19. The molecule has 0 aliphatic heterocycles. The van der Waals surface area contributed by atoms with Gasteiger partial charge in [0.25, 0.3) is 0 Å². The molecule has 0 saturated heterocycles. The molecule has 0 fully saturated rings. The van der Waals surface area contributed by atoms with E-state index in [0.717, 1.165) is 15.7 Å². The Bertz CT molecular complexity index is 555. The van der Waals surface area contributed by atoms with Crippen molar-refractivity contribution in [2.24, 2.45) is 0 Å². The van der Waals surface area contributed by atoms with E-state index in [9.17, 15) is 4.79 Å². The van der Waals surface area contributed by atoms with E-state index in [1.54, 1.807) is 30.7 Å². The summed E-state index contributed by atoms with van der Waals surface area (Å²) >= 11 is 3.34. The molecule has 4 heteroatoms. The van der Waals surface area contributed by atoms with Crippen molar-refractivity contribution in [3.8, 4) is 0 Å². The van der Waals surface area contributed by atoms with Gasteiger partial charge in [0.15, 0.2) is 5.78 Å². The number of halogens is 1. The van der Waals surface area contributed by atoms with E-state index < -0.39 is 0 Å². The number of carbonyl (C=O) groups is 1. The molecule has 0 aliphatic carbocycles. The maximum atomic E-state index is 12.0. The van der Waals surface area contributed by atoms with Crippen molar-refractivity contribution in [1.82, 2.24) is 9.97 Å². The minimum Gasteiger partial charge on any atom is -0.294 e. The number of hydrogen-bond donors (Lipinski definition) is 0. The summed E-state index contributed by atoms with van der Waals surface area (Å²) in [7, 11) is 0. The van der Waals surface area contributed by atoms with Crippen molar-refractivity contribution in [2.75, 3.05) is 0 Å². The number of carbonyl (C=O) groups excluding carboxylic acids is 1. The van der Waals surface area contributed by atoms with Crippen LogP contribution in [0.4, 0.5) is 0 Å². The molecule has 2 aromatic rings. The molecule has 86 valence electrons. The molecule has 2 rings (SSSR count). The highest BCUT2D eigenvalue weighted by molar-refractivity contribution is 9.10. The van der Waals surface area contributed by atoms with Crippen LogP contribution >= 0.6 is 15.9 Å². The summed E-state index contributed by atoms with van der Waals surface area (Å²) in [5, 5.41) is 0. The predicted molar refractivity (Wildman–Crippen MR) is 68.9 cm³/mol. The van der Waals surface area contributed by atoms with Crippen molar-refractivity contribution in [1.29, 1.82) is 0 Å². The fraction of sp³-hybridized carbons (Fsp3) is 0.154. The summed E-state index contributed by atoms with van der Waals surface area (Å²) in [5.41, 5.74) is 2.44. The van der Waals surface area contributed by atoms with E-state index in [0.29, 0.717) is 12.0 Å². The first-order valence-corrected chi connectivity index (χ1v) is 6.00. The zero-order chi connectivity index (χ0) is 12.3. The lowest BCUT2D eigenvalue weighted by Gasteiger charge is -2.02. The Balaban J connectivity index is 2.17. The molecule has 0 saturated carbocycles. The summed E-state index contributed by atoms with van der Waals surface area (Å²) in [6.45, 7) is 1.87. The fourth-order valence-electron chi connectivity index (χ4n) is 1.56. The van der Waals surface area contributed by atoms with Gasteiger partial charge in [-0.1, -0.05) is 0 Å². The Morgan fingerprint density at radius 2 is 2.18 bits per heavy atom. The minimum atomic E-state index is 0.0791. The van der Waals surface area contributed by atoms with Gasteiger partial charge >= 0.3 is 0 Å². The zero-order valence-corrected chi connectivity index (χ0v) is 10.9. The van der Waals surface area contributed by atoms with Gasteiger partial charge < -0.3 is 0 Å². The van der Waals surface area contributed by atoms with Crippen LogP contribution in [0.2, 0.25) is 0 Å². The maximum absolute atomic E-state index is 12.0. The Morgan fingerprint density at radius 3 is 2.88 bits per heavy atom. The number of nitrogens with zero attached hydrogens (tertiary/aromatic N) is 2.